The molecule has 0 saturated carbocycles. The first-order valence-corrected chi connectivity index (χ1v) is 13.1. The number of halogens is 1. The fourth-order valence-corrected chi connectivity index (χ4v) is 6.56. The molecule has 2 aromatic carbocycles. The van der Waals surface area contributed by atoms with Gasteiger partial charge in [-0.3, -0.25) is 4.90 Å². The smallest absolute Gasteiger partial charge is 0.246 e. The molecule has 0 unspecified atom stereocenters. The fourth-order valence-electron chi connectivity index (χ4n) is 5.00. The van der Waals surface area contributed by atoms with Gasteiger partial charge in [-0.1, -0.05) is 43.0 Å². The number of hydrogen-bond donors (Lipinski definition) is 1. The molecular weight excluding hydrogens is 439 g/mol. The van der Waals surface area contributed by atoms with Crippen molar-refractivity contribution in [1.29, 1.82) is 0 Å². The van der Waals surface area contributed by atoms with Crippen molar-refractivity contribution >= 4 is 10.0 Å². The Labute approximate surface area is 196 Å². The molecule has 0 bridgehead atoms. The molecule has 5 nitrogen and oxygen atoms in total. The van der Waals surface area contributed by atoms with Gasteiger partial charge in [0.25, 0.3) is 0 Å². The third-order valence-electron chi connectivity index (χ3n) is 6.69. The number of rotatable bonds is 5. The van der Waals surface area contributed by atoms with Gasteiger partial charge in [-0.05, 0) is 55.6 Å². The first-order valence-electron chi connectivity index (χ1n) is 11.7. The van der Waals surface area contributed by atoms with E-state index in [4.69, 9.17) is 0 Å². The first-order chi connectivity index (χ1) is 16.0. The minimum atomic E-state index is -3.95. The number of sulfonamides is 1. The highest BCUT2D eigenvalue weighted by molar-refractivity contribution is 7.89. The van der Waals surface area contributed by atoms with Crippen LogP contribution in [0.1, 0.15) is 49.7 Å². The number of aliphatic hydroxyl groups is 1. The summed E-state index contributed by atoms with van der Waals surface area (Å²) in [4.78, 5) is 1.93. The highest BCUT2D eigenvalue weighted by Gasteiger charge is 2.50. The van der Waals surface area contributed by atoms with Gasteiger partial charge in [0.05, 0.1) is 6.61 Å². The van der Waals surface area contributed by atoms with Crippen LogP contribution in [0.5, 0.6) is 0 Å². The van der Waals surface area contributed by atoms with E-state index in [0.29, 0.717) is 13.0 Å². The van der Waals surface area contributed by atoms with E-state index in [1.807, 2.05) is 24.3 Å². The maximum Gasteiger partial charge on any atom is 0.246 e. The molecule has 2 aromatic rings. The largest absolute Gasteiger partial charge is 0.395 e. The Morgan fingerprint density at radius 1 is 1.09 bits per heavy atom. The minimum absolute atomic E-state index is 0.00377. The summed E-state index contributed by atoms with van der Waals surface area (Å²) in [5.74, 6) is 5.59. The average molecular weight is 471 g/mol. The molecule has 3 atom stereocenters. The summed E-state index contributed by atoms with van der Waals surface area (Å²) in [5.41, 5.74) is 2.02. The molecule has 7 heteroatoms. The van der Waals surface area contributed by atoms with Gasteiger partial charge in [-0.2, -0.15) is 4.31 Å². The molecule has 4 rings (SSSR count). The lowest BCUT2D eigenvalue weighted by Gasteiger charge is -2.57. The van der Waals surface area contributed by atoms with Crippen LogP contribution in [0.25, 0.3) is 0 Å². The molecule has 176 valence electrons. The van der Waals surface area contributed by atoms with Gasteiger partial charge in [0, 0.05) is 43.1 Å². The van der Waals surface area contributed by atoms with Gasteiger partial charge in [0.1, 0.15) is 10.7 Å². The van der Waals surface area contributed by atoms with Gasteiger partial charge in [0.15, 0.2) is 0 Å². The monoisotopic (exact) mass is 470 g/mol. The molecule has 0 amide bonds. The Morgan fingerprint density at radius 3 is 2.52 bits per heavy atom. The Hall–Kier alpha value is -2.24. The quantitative estimate of drug-likeness (QED) is 0.679. The maximum atomic E-state index is 14.4. The molecule has 0 spiro atoms. The van der Waals surface area contributed by atoms with Crippen LogP contribution < -0.4 is 0 Å². The molecule has 33 heavy (non-hydrogen) atoms. The summed E-state index contributed by atoms with van der Waals surface area (Å²) in [5, 5.41) is 10.1. The number of fused-ring (bicyclic) bond motifs is 1. The summed E-state index contributed by atoms with van der Waals surface area (Å²) in [6.45, 7) is 3.57. The third-order valence-corrected chi connectivity index (χ3v) is 8.59. The molecule has 2 aliphatic rings. The predicted octanol–water partition coefficient (Wildman–Crippen LogP) is 3.59. The number of nitrogens with zero attached hydrogens (tertiary/aromatic N) is 2. The molecule has 0 aromatic heterocycles. The van der Waals surface area contributed by atoms with Crippen molar-refractivity contribution in [3.8, 4) is 11.8 Å². The second-order valence-electron chi connectivity index (χ2n) is 8.76. The van der Waals surface area contributed by atoms with Crippen LogP contribution in [0, 0.1) is 17.7 Å². The lowest BCUT2D eigenvalue weighted by atomic mass is 9.74. The lowest BCUT2D eigenvalue weighted by Crippen LogP contribution is -2.67. The predicted molar refractivity (Wildman–Crippen MR) is 127 cm³/mol. The summed E-state index contributed by atoms with van der Waals surface area (Å²) < 4.78 is 42.4. The van der Waals surface area contributed by atoms with Gasteiger partial charge < -0.3 is 5.11 Å². The molecule has 0 radical (unpaired) electrons. The van der Waals surface area contributed by atoms with E-state index >= 15 is 0 Å². The highest BCUT2D eigenvalue weighted by atomic mass is 32.2. The molecule has 0 aliphatic carbocycles. The van der Waals surface area contributed by atoms with E-state index in [1.54, 1.807) is 6.07 Å². The van der Waals surface area contributed by atoms with Crippen LogP contribution in [0.15, 0.2) is 53.4 Å². The van der Waals surface area contributed by atoms with E-state index in [0.717, 1.165) is 36.9 Å². The highest BCUT2D eigenvalue weighted by Crippen LogP contribution is 2.42. The van der Waals surface area contributed by atoms with E-state index in [9.17, 15) is 17.9 Å². The first kappa shape index (κ1) is 23.9. The van der Waals surface area contributed by atoms with E-state index in [1.165, 1.54) is 22.5 Å². The van der Waals surface area contributed by atoms with Gasteiger partial charge in [-0.25, -0.2) is 12.8 Å². The van der Waals surface area contributed by atoms with Crippen LogP contribution in [-0.2, 0) is 10.0 Å². The number of unbranched alkanes of at least 4 members (excludes halogenated alkanes) is 1. The van der Waals surface area contributed by atoms with Crippen molar-refractivity contribution in [2.24, 2.45) is 0 Å². The van der Waals surface area contributed by atoms with E-state index in [-0.39, 0.29) is 36.0 Å². The summed E-state index contributed by atoms with van der Waals surface area (Å²) in [6.07, 6.45) is 3.41. The second kappa shape index (κ2) is 10.4. The van der Waals surface area contributed by atoms with Crippen molar-refractivity contribution in [2.75, 3.05) is 26.2 Å². The normalized spacial score (nSPS) is 24.0. The SMILES string of the molecule is CCCC#Cc1ccc([C@@H]2[C@@H](CO)N3CCCCN(S(=O)(=O)c4ccccc4F)C[C@H]23)cc1. The van der Waals surface area contributed by atoms with Gasteiger partial charge >= 0.3 is 0 Å². The molecule has 2 saturated heterocycles. The zero-order chi connectivity index (χ0) is 23.4. The Morgan fingerprint density at radius 2 is 1.82 bits per heavy atom. The minimum Gasteiger partial charge on any atom is -0.395 e. The zero-order valence-corrected chi connectivity index (χ0v) is 19.8. The fraction of sp³-hybridized carbons (Fsp3) is 0.462. The van der Waals surface area contributed by atoms with Crippen LogP contribution in [0.3, 0.4) is 0 Å². The number of hydrogen-bond acceptors (Lipinski definition) is 4. The standard InChI is InChI=1S/C26H31FN2O3S/c1-2-3-4-9-20-12-14-21(15-13-20)26-23-18-28(16-7-8-17-29(23)24(26)19-30)33(31,32)25-11-6-5-10-22(25)27/h5-6,10-15,23-24,26,30H,2-3,7-8,16-19H2,1H3/t23-,24-,26+/m1/s1. The Balaban J connectivity index is 1.60. The van der Waals surface area contributed by atoms with Crippen LogP contribution in [0.2, 0.25) is 0 Å². The average Bonchev–Trinajstić information content (AvgIpc) is 2.79. The molecule has 2 fully saturated rings. The Bertz CT molecular complexity index is 1120. The third kappa shape index (κ3) is 4.85. The van der Waals surface area contributed by atoms with Gasteiger partial charge in [0.2, 0.25) is 10.0 Å². The zero-order valence-electron chi connectivity index (χ0n) is 19.0. The second-order valence-corrected chi connectivity index (χ2v) is 10.7. The van der Waals surface area contributed by atoms with Crippen molar-refractivity contribution in [3.05, 3.63) is 65.5 Å². The van der Waals surface area contributed by atoms with Gasteiger partial charge in [-0.15, -0.1) is 0 Å². The van der Waals surface area contributed by atoms with Crippen LogP contribution in [0.4, 0.5) is 4.39 Å². The molecule has 2 aliphatic heterocycles. The van der Waals surface area contributed by atoms with E-state index in [2.05, 4.69) is 23.7 Å². The molecular formula is C26H31FN2O3S. The molecule has 1 N–H and O–H groups in total. The Kier molecular flexibility index (Phi) is 7.50. The number of benzene rings is 2. The topological polar surface area (TPSA) is 60.9 Å². The van der Waals surface area contributed by atoms with Crippen molar-refractivity contribution in [3.63, 3.8) is 0 Å². The number of aliphatic hydroxyl groups excluding tert-OH is 1. The van der Waals surface area contributed by atoms with Crippen molar-refractivity contribution < 1.29 is 17.9 Å². The van der Waals surface area contributed by atoms with E-state index < -0.39 is 15.8 Å². The van der Waals surface area contributed by atoms with Crippen LogP contribution >= 0.6 is 0 Å². The maximum absolute atomic E-state index is 14.4. The molecule has 2 heterocycles. The summed E-state index contributed by atoms with van der Waals surface area (Å²) in [7, 11) is -3.95. The van der Waals surface area contributed by atoms with Crippen molar-refractivity contribution in [2.45, 2.75) is 55.5 Å². The summed E-state index contributed by atoms with van der Waals surface area (Å²) >= 11 is 0. The van der Waals surface area contributed by atoms with Crippen LogP contribution in [-0.4, -0.2) is 61.1 Å². The lowest BCUT2D eigenvalue weighted by molar-refractivity contribution is -0.0554. The van der Waals surface area contributed by atoms with Crippen molar-refractivity contribution in [1.82, 2.24) is 9.21 Å². The summed E-state index contributed by atoms with van der Waals surface area (Å²) in [6, 6.07) is 13.5.